The van der Waals surface area contributed by atoms with Gasteiger partial charge in [-0.25, -0.2) is 4.79 Å². The van der Waals surface area contributed by atoms with Crippen LogP contribution in [0.5, 0.6) is 0 Å². The summed E-state index contributed by atoms with van der Waals surface area (Å²) in [4.78, 5) is 51.3. The highest BCUT2D eigenvalue weighted by Crippen LogP contribution is 2.22. The van der Waals surface area contributed by atoms with Gasteiger partial charge in [0.15, 0.2) is 0 Å². The Morgan fingerprint density at radius 1 is 0.824 bits per heavy atom. The second-order valence-electron chi connectivity index (χ2n) is 9.41. The molecule has 2 N–H and O–H groups in total. The van der Waals surface area contributed by atoms with Crippen LogP contribution in [0.4, 0.5) is 0 Å². The standard InChI is InChI=1S/C27H47NO6/c1-4-5-6-9-13-23(20-30)17-18-24(21-31)14-10-7-8-11-15-25(16-12-19-29)26(32)28-34-27(33)22(2)3/h20-21,23-25,29H,2,4-19H2,1,3H3,(H,28,32). The predicted molar refractivity (Wildman–Crippen MR) is 134 cm³/mol. The highest BCUT2D eigenvalue weighted by molar-refractivity contribution is 5.88. The molecule has 34 heavy (non-hydrogen) atoms. The summed E-state index contributed by atoms with van der Waals surface area (Å²) in [5.41, 5.74) is 2.40. The van der Waals surface area contributed by atoms with Gasteiger partial charge >= 0.3 is 5.97 Å². The second-order valence-corrected chi connectivity index (χ2v) is 9.41. The van der Waals surface area contributed by atoms with Gasteiger partial charge in [0.05, 0.1) is 0 Å². The zero-order valence-electron chi connectivity index (χ0n) is 21.4. The van der Waals surface area contributed by atoms with E-state index in [0.29, 0.717) is 19.3 Å². The molecule has 0 aromatic carbocycles. The minimum absolute atomic E-state index is 0.00387. The van der Waals surface area contributed by atoms with Gasteiger partial charge in [0, 0.05) is 29.9 Å². The van der Waals surface area contributed by atoms with Crippen LogP contribution in [0.3, 0.4) is 0 Å². The fraction of sp³-hybridized carbons (Fsp3) is 0.778. The zero-order valence-corrected chi connectivity index (χ0v) is 21.4. The number of rotatable bonds is 22. The molecule has 0 aliphatic rings. The maximum absolute atomic E-state index is 12.3. The van der Waals surface area contributed by atoms with E-state index in [4.69, 9.17) is 9.94 Å². The van der Waals surface area contributed by atoms with Crippen molar-refractivity contribution in [3.63, 3.8) is 0 Å². The van der Waals surface area contributed by atoms with E-state index in [2.05, 4.69) is 19.0 Å². The summed E-state index contributed by atoms with van der Waals surface area (Å²) >= 11 is 0. The Labute approximate surface area is 206 Å². The summed E-state index contributed by atoms with van der Waals surface area (Å²) < 4.78 is 0. The van der Waals surface area contributed by atoms with Crippen LogP contribution in [-0.4, -0.2) is 36.2 Å². The van der Waals surface area contributed by atoms with E-state index in [1.165, 1.54) is 26.2 Å². The molecule has 3 atom stereocenters. The number of aliphatic hydroxyl groups excluding tert-OH is 1. The van der Waals surface area contributed by atoms with Gasteiger partial charge in [0.1, 0.15) is 12.6 Å². The molecule has 3 unspecified atom stereocenters. The van der Waals surface area contributed by atoms with E-state index in [9.17, 15) is 19.2 Å². The number of carbonyl (C=O) groups excluding carboxylic acids is 4. The molecule has 0 saturated carbocycles. The summed E-state index contributed by atoms with van der Waals surface area (Å²) in [6.07, 6.45) is 15.4. The Morgan fingerprint density at radius 3 is 1.79 bits per heavy atom. The topological polar surface area (TPSA) is 110 Å². The molecule has 0 spiro atoms. The first-order chi connectivity index (χ1) is 16.4. The Morgan fingerprint density at radius 2 is 1.32 bits per heavy atom. The average molecular weight is 482 g/mol. The molecule has 0 radical (unpaired) electrons. The largest absolute Gasteiger partial charge is 0.396 e. The number of aliphatic hydroxyl groups is 1. The number of aldehydes is 2. The van der Waals surface area contributed by atoms with Crippen LogP contribution >= 0.6 is 0 Å². The van der Waals surface area contributed by atoms with E-state index in [0.717, 1.165) is 70.4 Å². The molecule has 7 nitrogen and oxygen atoms in total. The van der Waals surface area contributed by atoms with Crippen LogP contribution < -0.4 is 5.48 Å². The summed E-state index contributed by atoms with van der Waals surface area (Å²) in [5.74, 6) is -1.29. The number of hydroxylamine groups is 1. The maximum atomic E-state index is 12.3. The molecule has 196 valence electrons. The smallest absolute Gasteiger partial charge is 0.358 e. The van der Waals surface area contributed by atoms with E-state index in [1.54, 1.807) is 0 Å². The monoisotopic (exact) mass is 481 g/mol. The number of amides is 1. The molecular weight excluding hydrogens is 434 g/mol. The Bertz CT molecular complexity index is 592. The summed E-state index contributed by atoms with van der Waals surface area (Å²) in [7, 11) is 0. The Balaban J connectivity index is 4.18. The molecule has 0 rings (SSSR count). The predicted octanol–water partition coefficient (Wildman–Crippen LogP) is 5.25. The van der Waals surface area contributed by atoms with Crippen molar-refractivity contribution in [2.24, 2.45) is 17.8 Å². The molecule has 0 aromatic rings. The SMILES string of the molecule is C=C(C)C(=O)ONC(=O)C(CCCO)CCCCCCC(C=O)CCC(C=O)CCCCCC. The molecule has 0 saturated heterocycles. The third kappa shape index (κ3) is 16.6. The number of hydrogen-bond donors (Lipinski definition) is 2. The van der Waals surface area contributed by atoms with Gasteiger partial charge in [-0.15, -0.1) is 0 Å². The van der Waals surface area contributed by atoms with Crippen molar-refractivity contribution in [3.8, 4) is 0 Å². The minimum Gasteiger partial charge on any atom is -0.396 e. The van der Waals surface area contributed by atoms with Gasteiger partial charge in [-0.1, -0.05) is 64.9 Å². The fourth-order valence-corrected chi connectivity index (χ4v) is 3.98. The third-order valence-corrected chi connectivity index (χ3v) is 6.27. The number of hydrogen-bond acceptors (Lipinski definition) is 6. The molecule has 0 aromatic heterocycles. The summed E-state index contributed by atoms with van der Waals surface area (Å²) in [6, 6.07) is 0. The van der Waals surface area contributed by atoms with Gasteiger partial charge < -0.3 is 19.5 Å². The van der Waals surface area contributed by atoms with Crippen molar-refractivity contribution in [3.05, 3.63) is 12.2 Å². The molecular formula is C27H47NO6. The quantitative estimate of drug-likeness (QED) is 0.0946. The highest BCUT2D eigenvalue weighted by Gasteiger charge is 2.19. The first kappa shape index (κ1) is 32.0. The molecule has 7 heteroatoms. The van der Waals surface area contributed by atoms with Crippen molar-refractivity contribution in [2.75, 3.05) is 6.61 Å². The number of carbonyl (C=O) groups is 4. The zero-order chi connectivity index (χ0) is 25.6. The van der Waals surface area contributed by atoms with E-state index >= 15 is 0 Å². The molecule has 0 bridgehead atoms. The van der Waals surface area contributed by atoms with Crippen molar-refractivity contribution < 1.29 is 29.1 Å². The van der Waals surface area contributed by atoms with Gasteiger partial charge in [0.2, 0.25) is 0 Å². The normalized spacial score (nSPS) is 13.5. The lowest BCUT2D eigenvalue weighted by molar-refractivity contribution is -0.156. The first-order valence-corrected chi connectivity index (χ1v) is 13.1. The lowest BCUT2D eigenvalue weighted by Crippen LogP contribution is -2.33. The van der Waals surface area contributed by atoms with E-state index < -0.39 is 5.97 Å². The second kappa shape index (κ2) is 21.5. The van der Waals surface area contributed by atoms with Gasteiger partial charge in [-0.2, -0.15) is 5.48 Å². The molecule has 0 aliphatic carbocycles. The third-order valence-electron chi connectivity index (χ3n) is 6.27. The fourth-order valence-electron chi connectivity index (χ4n) is 3.98. The van der Waals surface area contributed by atoms with Crippen molar-refractivity contribution >= 4 is 24.4 Å². The van der Waals surface area contributed by atoms with Crippen LogP contribution in [-0.2, 0) is 24.0 Å². The van der Waals surface area contributed by atoms with Crippen LogP contribution in [0.2, 0.25) is 0 Å². The first-order valence-electron chi connectivity index (χ1n) is 13.1. The van der Waals surface area contributed by atoms with Crippen molar-refractivity contribution in [1.82, 2.24) is 5.48 Å². The van der Waals surface area contributed by atoms with Crippen LogP contribution in [0, 0.1) is 17.8 Å². The maximum Gasteiger partial charge on any atom is 0.358 e. The lowest BCUT2D eigenvalue weighted by Gasteiger charge is -2.16. The van der Waals surface area contributed by atoms with Gasteiger partial charge in [0.25, 0.3) is 5.91 Å². The molecule has 0 heterocycles. The molecule has 0 aliphatic heterocycles. The Hall–Kier alpha value is -2.02. The average Bonchev–Trinajstić information content (AvgIpc) is 2.83. The number of nitrogens with one attached hydrogen (secondary N) is 1. The minimum atomic E-state index is -0.671. The summed E-state index contributed by atoms with van der Waals surface area (Å²) in [5, 5.41) is 9.09. The van der Waals surface area contributed by atoms with E-state index in [1.807, 2.05) is 0 Å². The van der Waals surface area contributed by atoms with Gasteiger partial charge in [-0.05, 0) is 51.9 Å². The highest BCUT2D eigenvalue weighted by atomic mass is 16.7. The van der Waals surface area contributed by atoms with Crippen LogP contribution in [0.15, 0.2) is 12.2 Å². The molecule has 0 fully saturated rings. The van der Waals surface area contributed by atoms with Crippen LogP contribution in [0.25, 0.3) is 0 Å². The van der Waals surface area contributed by atoms with Crippen LogP contribution in [0.1, 0.15) is 110 Å². The summed E-state index contributed by atoms with van der Waals surface area (Å²) in [6.45, 7) is 7.15. The van der Waals surface area contributed by atoms with E-state index in [-0.39, 0.29) is 35.8 Å². The van der Waals surface area contributed by atoms with Crippen molar-refractivity contribution in [2.45, 2.75) is 110 Å². The van der Waals surface area contributed by atoms with Crippen molar-refractivity contribution in [1.29, 1.82) is 0 Å². The van der Waals surface area contributed by atoms with Gasteiger partial charge in [-0.3, -0.25) is 4.79 Å². The number of unbranched alkanes of at least 4 members (excludes halogenated alkanes) is 6. The lowest BCUT2D eigenvalue weighted by atomic mass is 9.90. The molecule has 1 amide bonds. The Kier molecular flexibility index (Phi) is 20.2.